The molecule has 0 unspecified atom stereocenters. The first-order valence-electron chi connectivity index (χ1n) is 12.5. The average molecular weight is 516 g/mol. The normalized spacial score (nSPS) is 17.4. The molecule has 10 heteroatoms. The molecule has 2 fully saturated rings. The second kappa shape index (κ2) is 12.1. The third kappa shape index (κ3) is 6.82. The molecule has 4 rings (SSSR count). The molecule has 0 N–H and O–H groups in total. The molecule has 0 aromatic heterocycles. The van der Waals surface area contributed by atoms with Gasteiger partial charge < -0.3 is 19.3 Å². The van der Waals surface area contributed by atoms with Crippen LogP contribution in [0.25, 0.3) is 0 Å². The van der Waals surface area contributed by atoms with Gasteiger partial charge in [0.25, 0.3) is 0 Å². The minimum atomic E-state index is -0.825. The second-order valence-electron chi connectivity index (χ2n) is 9.41. The van der Waals surface area contributed by atoms with Gasteiger partial charge in [-0.2, -0.15) is 0 Å². The van der Waals surface area contributed by atoms with Crippen molar-refractivity contribution in [2.24, 2.45) is 0 Å². The lowest BCUT2D eigenvalue weighted by Crippen LogP contribution is -2.43. The number of nitro benzene ring substituents is 1. The predicted octanol–water partition coefficient (Wildman–Crippen LogP) is 5.03. The standard InChI is InChI=1S/C27H31F2N3O5/c1-2-36-26-18-22(4-6-25(26)32(34)35)37-21-9-15-31(16-10-21)27(33)11-14-30-12-7-19(8-13-30)20-3-5-23(28)24(29)17-20/h2-6,17-19,21H,1,7-16H2. The first-order chi connectivity index (χ1) is 17.8. The van der Waals surface area contributed by atoms with Gasteiger partial charge in [0.05, 0.1) is 11.2 Å². The first kappa shape index (κ1) is 26.5. The van der Waals surface area contributed by atoms with Crippen LogP contribution in [-0.4, -0.2) is 59.5 Å². The smallest absolute Gasteiger partial charge is 0.311 e. The number of nitrogens with zero attached hydrogens (tertiary/aromatic N) is 3. The molecular weight excluding hydrogens is 484 g/mol. The van der Waals surface area contributed by atoms with E-state index in [2.05, 4.69) is 11.5 Å². The lowest BCUT2D eigenvalue weighted by atomic mass is 9.89. The topological polar surface area (TPSA) is 85.2 Å². The lowest BCUT2D eigenvalue weighted by molar-refractivity contribution is -0.385. The Morgan fingerprint density at radius 1 is 1.05 bits per heavy atom. The summed E-state index contributed by atoms with van der Waals surface area (Å²) >= 11 is 0. The van der Waals surface area contributed by atoms with Crippen molar-refractivity contribution in [2.75, 3.05) is 32.7 Å². The zero-order valence-corrected chi connectivity index (χ0v) is 20.6. The molecule has 1 amide bonds. The summed E-state index contributed by atoms with van der Waals surface area (Å²) in [6, 6.07) is 8.50. The first-order valence-corrected chi connectivity index (χ1v) is 12.5. The Morgan fingerprint density at radius 2 is 1.78 bits per heavy atom. The summed E-state index contributed by atoms with van der Waals surface area (Å²) in [5.41, 5.74) is 0.666. The molecule has 0 bridgehead atoms. The van der Waals surface area contributed by atoms with E-state index in [0.29, 0.717) is 44.6 Å². The monoisotopic (exact) mass is 515 g/mol. The Hall–Kier alpha value is -3.53. The van der Waals surface area contributed by atoms with Crippen molar-refractivity contribution in [3.63, 3.8) is 0 Å². The summed E-state index contributed by atoms with van der Waals surface area (Å²) in [6.45, 7) is 6.93. The molecule has 0 saturated carbocycles. The maximum atomic E-state index is 13.5. The van der Waals surface area contributed by atoms with Crippen LogP contribution in [0.1, 0.15) is 43.6 Å². The molecule has 198 valence electrons. The van der Waals surface area contributed by atoms with Gasteiger partial charge in [0.2, 0.25) is 11.7 Å². The molecule has 2 aliphatic heterocycles. The van der Waals surface area contributed by atoms with Gasteiger partial charge in [0, 0.05) is 51.0 Å². The number of piperidine rings is 2. The fraction of sp³-hybridized carbons (Fsp3) is 0.444. The number of amides is 1. The van der Waals surface area contributed by atoms with Gasteiger partial charge in [-0.25, -0.2) is 8.78 Å². The molecule has 8 nitrogen and oxygen atoms in total. The number of carbonyl (C=O) groups excluding carboxylic acids is 1. The van der Waals surface area contributed by atoms with Crippen LogP contribution in [0, 0.1) is 21.7 Å². The van der Waals surface area contributed by atoms with Crippen LogP contribution in [0.15, 0.2) is 49.2 Å². The highest BCUT2D eigenvalue weighted by Crippen LogP contribution is 2.33. The van der Waals surface area contributed by atoms with Gasteiger partial charge in [-0.05, 0) is 55.6 Å². The Labute approximate surface area is 214 Å². The number of benzene rings is 2. The number of carbonyl (C=O) groups is 1. The highest BCUT2D eigenvalue weighted by molar-refractivity contribution is 5.76. The highest BCUT2D eigenvalue weighted by atomic mass is 19.2. The fourth-order valence-electron chi connectivity index (χ4n) is 4.99. The molecule has 2 heterocycles. The van der Waals surface area contributed by atoms with Crippen LogP contribution in [-0.2, 0) is 4.79 Å². The third-order valence-electron chi connectivity index (χ3n) is 7.08. The van der Waals surface area contributed by atoms with E-state index in [4.69, 9.17) is 9.47 Å². The SMILES string of the molecule is C=COc1cc(OC2CCN(C(=O)CCN3CCC(c4ccc(F)c(F)c4)CC3)CC2)ccc1[N+](=O)[O-]. The summed E-state index contributed by atoms with van der Waals surface area (Å²) in [5, 5.41) is 11.1. The zero-order valence-electron chi connectivity index (χ0n) is 20.6. The molecule has 2 aliphatic rings. The van der Waals surface area contributed by atoms with E-state index in [-0.39, 0.29) is 29.4 Å². The molecule has 37 heavy (non-hydrogen) atoms. The van der Waals surface area contributed by atoms with Gasteiger partial charge in [-0.15, -0.1) is 0 Å². The highest BCUT2D eigenvalue weighted by Gasteiger charge is 2.26. The minimum absolute atomic E-state index is 0.0685. The van der Waals surface area contributed by atoms with Crippen molar-refractivity contribution in [3.8, 4) is 11.5 Å². The molecular formula is C27H31F2N3O5. The molecule has 0 radical (unpaired) electrons. The van der Waals surface area contributed by atoms with Gasteiger partial charge in [0.15, 0.2) is 11.6 Å². The van der Waals surface area contributed by atoms with Gasteiger partial charge in [-0.3, -0.25) is 14.9 Å². The van der Waals surface area contributed by atoms with Crippen LogP contribution >= 0.6 is 0 Å². The number of hydrogen-bond acceptors (Lipinski definition) is 6. The van der Waals surface area contributed by atoms with E-state index in [1.165, 1.54) is 24.3 Å². The van der Waals surface area contributed by atoms with Crippen molar-refractivity contribution in [1.82, 2.24) is 9.80 Å². The van der Waals surface area contributed by atoms with E-state index in [1.807, 2.05) is 4.90 Å². The summed E-state index contributed by atoms with van der Waals surface area (Å²) in [7, 11) is 0. The largest absolute Gasteiger partial charge is 0.490 e. The zero-order chi connectivity index (χ0) is 26.4. The summed E-state index contributed by atoms with van der Waals surface area (Å²) in [5.74, 6) is -0.778. The van der Waals surface area contributed by atoms with Gasteiger partial charge >= 0.3 is 5.69 Å². The van der Waals surface area contributed by atoms with Crippen LogP contribution in [0.2, 0.25) is 0 Å². The molecule has 0 spiro atoms. The lowest BCUT2D eigenvalue weighted by Gasteiger charge is -2.34. The Balaban J connectivity index is 1.19. The van der Waals surface area contributed by atoms with Gasteiger partial charge in [0.1, 0.15) is 11.9 Å². The van der Waals surface area contributed by atoms with Gasteiger partial charge in [-0.1, -0.05) is 12.6 Å². The van der Waals surface area contributed by atoms with E-state index < -0.39 is 16.6 Å². The van der Waals surface area contributed by atoms with Crippen molar-refractivity contribution in [2.45, 2.75) is 44.1 Å². The number of likely N-dealkylation sites (tertiary alicyclic amines) is 2. The third-order valence-corrected chi connectivity index (χ3v) is 7.08. The summed E-state index contributed by atoms with van der Waals surface area (Å²) < 4.78 is 37.9. The quantitative estimate of drug-likeness (QED) is 0.264. The van der Waals surface area contributed by atoms with Crippen molar-refractivity contribution in [1.29, 1.82) is 0 Å². The average Bonchev–Trinajstić information content (AvgIpc) is 2.90. The molecule has 2 aromatic carbocycles. The number of nitro groups is 1. The molecule has 0 aliphatic carbocycles. The molecule has 2 saturated heterocycles. The number of ether oxygens (including phenoxy) is 2. The van der Waals surface area contributed by atoms with Crippen LogP contribution in [0.3, 0.4) is 0 Å². The maximum Gasteiger partial charge on any atom is 0.311 e. The molecule has 2 aromatic rings. The fourth-order valence-corrected chi connectivity index (χ4v) is 4.99. The second-order valence-corrected chi connectivity index (χ2v) is 9.41. The predicted molar refractivity (Wildman–Crippen MR) is 134 cm³/mol. The van der Waals surface area contributed by atoms with E-state index >= 15 is 0 Å². The summed E-state index contributed by atoms with van der Waals surface area (Å²) in [4.78, 5) is 27.5. The minimum Gasteiger partial charge on any atom is -0.490 e. The summed E-state index contributed by atoms with van der Waals surface area (Å²) in [6.07, 6.45) is 4.50. The van der Waals surface area contributed by atoms with E-state index in [9.17, 15) is 23.7 Å². The number of rotatable bonds is 9. The Kier molecular flexibility index (Phi) is 8.70. The number of halogens is 2. The van der Waals surface area contributed by atoms with E-state index in [1.54, 1.807) is 12.1 Å². The van der Waals surface area contributed by atoms with Crippen LogP contribution in [0.4, 0.5) is 14.5 Å². The number of hydrogen-bond donors (Lipinski definition) is 0. The Bertz CT molecular complexity index is 1130. The van der Waals surface area contributed by atoms with Crippen molar-refractivity contribution >= 4 is 11.6 Å². The Morgan fingerprint density at radius 3 is 2.43 bits per heavy atom. The van der Waals surface area contributed by atoms with Crippen molar-refractivity contribution in [3.05, 3.63) is 76.6 Å². The maximum absolute atomic E-state index is 13.5. The van der Waals surface area contributed by atoms with Crippen LogP contribution < -0.4 is 9.47 Å². The van der Waals surface area contributed by atoms with Crippen molar-refractivity contribution < 1.29 is 28.0 Å². The van der Waals surface area contributed by atoms with Crippen LogP contribution in [0.5, 0.6) is 11.5 Å². The molecule has 0 atom stereocenters. The van der Waals surface area contributed by atoms with E-state index in [0.717, 1.165) is 37.8 Å².